The molecule has 0 amide bonds. The van der Waals surface area contributed by atoms with Crippen molar-refractivity contribution in [3.05, 3.63) is 34.2 Å². The fraction of sp³-hybridized carbons (Fsp3) is 0.273. The highest BCUT2D eigenvalue weighted by Gasteiger charge is 2.09. The summed E-state index contributed by atoms with van der Waals surface area (Å²) in [6, 6.07) is 6.29. The number of aliphatic hydroxyl groups excluding tert-OH is 1. The number of hydrogen-bond acceptors (Lipinski definition) is 2. The third-order valence-corrected chi connectivity index (χ3v) is 3.76. The summed E-state index contributed by atoms with van der Waals surface area (Å²) in [5.74, 6) is 0.471. The summed E-state index contributed by atoms with van der Waals surface area (Å²) >= 11 is 7.49. The zero-order valence-electron chi connectivity index (χ0n) is 7.88. The summed E-state index contributed by atoms with van der Waals surface area (Å²) in [5.41, 5.74) is 2.32. The normalized spacial score (nSPS) is 11.1. The van der Waals surface area contributed by atoms with E-state index >= 15 is 0 Å². The van der Waals surface area contributed by atoms with Gasteiger partial charge in [0.05, 0.1) is 6.61 Å². The van der Waals surface area contributed by atoms with Crippen LogP contribution in [0.4, 0.5) is 0 Å². The van der Waals surface area contributed by atoms with Crippen molar-refractivity contribution < 1.29 is 5.11 Å². The zero-order valence-corrected chi connectivity index (χ0v) is 9.45. The number of halogens is 1. The van der Waals surface area contributed by atoms with E-state index < -0.39 is 0 Å². The van der Waals surface area contributed by atoms with E-state index in [-0.39, 0.29) is 6.61 Å². The van der Waals surface area contributed by atoms with Gasteiger partial charge in [-0.15, -0.1) is 22.9 Å². The van der Waals surface area contributed by atoms with Gasteiger partial charge in [-0.2, -0.15) is 0 Å². The Bertz CT molecular complexity index is 462. The van der Waals surface area contributed by atoms with Gasteiger partial charge in [0.25, 0.3) is 0 Å². The van der Waals surface area contributed by atoms with Crippen LogP contribution in [0, 0.1) is 6.92 Å². The SMILES string of the molecule is Cc1ccc2c(CCl)c(CO)sc2c1. The van der Waals surface area contributed by atoms with Gasteiger partial charge in [0.1, 0.15) is 0 Å². The molecule has 0 saturated carbocycles. The molecule has 2 aromatic rings. The van der Waals surface area contributed by atoms with Gasteiger partial charge in [0.2, 0.25) is 0 Å². The average molecular weight is 227 g/mol. The molecule has 0 aliphatic carbocycles. The largest absolute Gasteiger partial charge is 0.391 e. The maximum Gasteiger partial charge on any atom is 0.0778 e. The number of benzene rings is 1. The van der Waals surface area contributed by atoms with Crippen LogP contribution in [0.1, 0.15) is 16.0 Å². The lowest BCUT2D eigenvalue weighted by Crippen LogP contribution is -1.83. The lowest BCUT2D eigenvalue weighted by molar-refractivity contribution is 0.285. The molecule has 0 fully saturated rings. The van der Waals surface area contributed by atoms with Crippen LogP contribution in [0.25, 0.3) is 10.1 Å². The van der Waals surface area contributed by atoms with Crippen LogP contribution in [0.5, 0.6) is 0 Å². The molecule has 0 spiro atoms. The van der Waals surface area contributed by atoms with Gasteiger partial charge in [-0.05, 0) is 29.5 Å². The van der Waals surface area contributed by atoms with Crippen molar-refractivity contribution in [1.82, 2.24) is 0 Å². The van der Waals surface area contributed by atoms with E-state index in [1.807, 2.05) is 0 Å². The maximum atomic E-state index is 9.17. The van der Waals surface area contributed by atoms with Gasteiger partial charge < -0.3 is 5.11 Å². The minimum atomic E-state index is 0.0838. The van der Waals surface area contributed by atoms with Crippen LogP contribution in [0.2, 0.25) is 0 Å². The smallest absolute Gasteiger partial charge is 0.0778 e. The Labute approximate surface area is 91.9 Å². The Kier molecular flexibility index (Phi) is 2.77. The second kappa shape index (κ2) is 3.89. The number of aliphatic hydroxyl groups is 1. The molecule has 2 rings (SSSR count). The molecular formula is C11H11ClOS. The van der Waals surface area contributed by atoms with Crippen molar-refractivity contribution in [2.75, 3.05) is 0 Å². The van der Waals surface area contributed by atoms with E-state index in [4.69, 9.17) is 11.6 Å². The highest BCUT2D eigenvalue weighted by atomic mass is 35.5. The Balaban J connectivity index is 2.73. The Morgan fingerprint density at radius 2 is 2.21 bits per heavy atom. The number of aryl methyl sites for hydroxylation is 1. The van der Waals surface area contributed by atoms with Gasteiger partial charge in [-0.3, -0.25) is 0 Å². The first-order valence-corrected chi connectivity index (χ1v) is 5.79. The number of thiophene rings is 1. The van der Waals surface area contributed by atoms with Gasteiger partial charge in [0.15, 0.2) is 0 Å². The fourth-order valence-corrected chi connectivity index (χ4v) is 3.15. The van der Waals surface area contributed by atoms with Crippen LogP contribution in [-0.2, 0) is 12.5 Å². The lowest BCUT2D eigenvalue weighted by atomic mass is 10.1. The molecule has 0 aliphatic heterocycles. The van der Waals surface area contributed by atoms with Crippen LogP contribution < -0.4 is 0 Å². The highest BCUT2D eigenvalue weighted by Crippen LogP contribution is 2.33. The number of rotatable bonds is 2. The summed E-state index contributed by atoms with van der Waals surface area (Å²) in [6.07, 6.45) is 0. The van der Waals surface area contributed by atoms with Gasteiger partial charge in [-0.1, -0.05) is 12.1 Å². The Morgan fingerprint density at radius 1 is 1.43 bits per heavy atom. The van der Waals surface area contributed by atoms with Crippen molar-refractivity contribution in [3.8, 4) is 0 Å². The summed E-state index contributed by atoms with van der Waals surface area (Å²) in [6.45, 7) is 2.15. The van der Waals surface area contributed by atoms with E-state index in [2.05, 4.69) is 25.1 Å². The highest BCUT2D eigenvalue weighted by molar-refractivity contribution is 7.19. The van der Waals surface area contributed by atoms with E-state index in [0.29, 0.717) is 5.88 Å². The molecular weight excluding hydrogens is 216 g/mol. The third kappa shape index (κ3) is 1.54. The zero-order chi connectivity index (χ0) is 10.1. The predicted octanol–water partition coefficient (Wildman–Crippen LogP) is 3.44. The Morgan fingerprint density at radius 3 is 2.86 bits per heavy atom. The molecule has 1 N–H and O–H groups in total. The van der Waals surface area contributed by atoms with E-state index in [9.17, 15) is 5.11 Å². The molecule has 1 aromatic heterocycles. The van der Waals surface area contributed by atoms with Crippen LogP contribution in [-0.4, -0.2) is 5.11 Å². The molecule has 0 bridgehead atoms. The van der Waals surface area contributed by atoms with E-state index in [1.54, 1.807) is 11.3 Å². The third-order valence-electron chi connectivity index (χ3n) is 2.31. The second-order valence-electron chi connectivity index (χ2n) is 3.30. The first-order valence-electron chi connectivity index (χ1n) is 4.44. The average Bonchev–Trinajstić information content (AvgIpc) is 2.54. The summed E-state index contributed by atoms with van der Waals surface area (Å²) in [7, 11) is 0. The monoisotopic (exact) mass is 226 g/mol. The standard InChI is InChI=1S/C11H11ClOS/c1-7-2-3-8-9(5-12)11(6-13)14-10(8)4-7/h2-4,13H,5-6H2,1H3. The quantitative estimate of drug-likeness (QED) is 0.778. The van der Waals surface area contributed by atoms with E-state index in [0.717, 1.165) is 10.4 Å². The molecule has 14 heavy (non-hydrogen) atoms. The lowest BCUT2D eigenvalue weighted by Gasteiger charge is -1.96. The predicted molar refractivity (Wildman–Crippen MR) is 62.0 cm³/mol. The van der Waals surface area contributed by atoms with Crippen molar-refractivity contribution in [2.24, 2.45) is 0 Å². The topological polar surface area (TPSA) is 20.2 Å². The van der Waals surface area contributed by atoms with Crippen molar-refractivity contribution in [3.63, 3.8) is 0 Å². The van der Waals surface area contributed by atoms with Gasteiger partial charge in [-0.25, -0.2) is 0 Å². The minimum Gasteiger partial charge on any atom is -0.391 e. The van der Waals surface area contributed by atoms with Crippen LogP contribution in [0.15, 0.2) is 18.2 Å². The number of fused-ring (bicyclic) bond motifs is 1. The van der Waals surface area contributed by atoms with Crippen molar-refractivity contribution in [1.29, 1.82) is 0 Å². The van der Waals surface area contributed by atoms with Gasteiger partial charge >= 0.3 is 0 Å². The van der Waals surface area contributed by atoms with Gasteiger partial charge in [0, 0.05) is 15.5 Å². The van der Waals surface area contributed by atoms with Crippen molar-refractivity contribution in [2.45, 2.75) is 19.4 Å². The molecule has 0 unspecified atom stereocenters. The molecule has 3 heteroatoms. The van der Waals surface area contributed by atoms with Crippen LogP contribution in [0.3, 0.4) is 0 Å². The molecule has 0 aliphatic rings. The summed E-state index contributed by atoms with van der Waals surface area (Å²) in [5, 5.41) is 10.4. The first-order chi connectivity index (χ1) is 6.76. The molecule has 1 aromatic carbocycles. The molecule has 0 atom stereocenters. The van der Waals surface area contributed by atoms with Crippen molar-refractivity contribution >= 4 is 33.0 Å². The molecule has 1 nitrogen and oxygen atoms in total. The molecule has 0 saturated heterocycles. The molecule has 74 valence electrons. The Hall–Kier alpha value is -0.570. The molecule has 0 radical (unpaired) electrons. The van der Waals surface area contributed by atoms with E-state index in [1.165, 1.54) is 15.6 Å². The van der Waals surface area contributed by atoms with Crippen LogP contribution >= 0.6 is 22.9 Å². The fourth-order valence-electron chi connectivity index (χ4n) is 1.58. The maximum absolute atomic E-state index is 9.17. The molecule has 1 heterocycles. The number of alkyl halides is 1. The minimum absolute atomic E-state index is 0.0838. The first kappa shape index (κ1) is 9.97. The summed E-state index contributed by atoms with van der Waals surface area (Å²) < 4.78 is 1.21. The number of hydrogen-bond donors (Lipinski definition) is 1. The second-order valence-corrected chi connectivity index (χ2v) is 4.70. The summed E-state index contributed by atoms with van der Waals surface area (Å²) in [4.78, 5) is 0.987.